The summed E-state index contributed by atoms with van der Waals surface area (Å²) in [6.07, 6.45) is 3.07. The van der Waals surface area contributed by atoms with Crippen LogP contribution in [0, 0.1) is 18.6 Å². The summed E-state index contributed by atoms with van der Waals surface area (Å²) in [6, 6.07) is 14.0. The molecule has 6 heterocycles. The van der Waals surface area contributed by atoms with E-state index in [0.717, 1.165) is 5.52 Å². The minimum absolute atomic E-state index is 0.110. The van der Waals surface area contributed by atoms with E-state index in [2.05, 4.69) is 25.4 Å². The van der Waals surface area contributed by atoms with Crippen molar-refractivity contribution in [2.75, 3.05) is 37.5 Å². The van der Waals surface area contributed by atoms with Crippen molar-refractivity contribution in [2.45, 2.75) is 38.1 Å². The molecule has 4 bridgehead atoms. The maximum atomic E-state index is 14.9. The van der Waals surface area contributed by atoms with Crippen LogP contribution in [0.4, 0.5) is 20.4 Å². The number of nitrogens with zero attached hydrogens (tertiary/aromatic N) is 9. The number of carbonyl (C=O) groups excluding carboxylic acids is 1. The average molecular weight is 651 g/mol. The van der Waals surface area contributed by atoms with Gasteiger partial charge in [0.1, 0.15) is 47.2 Å². The Morgan fingerprint density at radius 2 is 1.85 bits per heavy atom. The summed E-state index contributed by atoms with van der Waals surface area (Å²) in [6.45, 7) is 2.96. The maximum Gasteiger partial charge on any atom is 0.245 e. The van der Waals surface area contributed by atoms with Crippen molar-refractivity contribution < 1.29 is 18.3 Å². The minimum Gasteiger partial charge on any atom is -0.378 e. The summed E-state index contributed by atoms with van der Waals surface area (Å²) in [4.78, 5) is 36.6. The predicted octanol–water partition coefficient (Wildman–Crippen LogP) is 4.36. The topological polar surface area (TPSA) is 119 Å². The van der Waals surface area contributed by atoms with Crippen LogP contribution in [0.5, 0.6) is 0 Å². The lowest BCUT2D eigenvalue weighted by atomic mass is 10.1. The Kier molecular flexibility index (Phi) is 7.24. The van der Waals surface area contributed by atoms with Crippen LogP contribution >= 0.6 is 0 Å². The molecular weight excluding hydrogens is 618 g/mol. The fourth-order valence-electron chi connectivity index (χ4n) is 6.97. The van der Waals surface area contributed by atoms with Gasteiger partial charge in [0.25, 0.3) is 0 Å². The molecule has 2 aliphatic rings. The summed E-state index contributed by atoms with van der Waals surface area (Å²) in [7, 11) is 3.38. The first-order valence-electron chi connectivity index (χ1n) is 15.7. The Labute approximate surface area is 274 Å². The lowest BCUT2D eigenvalue weighted by Crippen LogP contribution is -2.47. The number of imidazole rings is 1. The molecule has 1 N–H and O–H groups in total. The number of hydrogen-bond acceptors (Lipinski definition) is 9. The summed E-state index contributed by atoms with van der Waals surface area (Å²) in [5.74, 6) is 0.851. The number of aromatic nitrogens is 7. The van der Waals surface area contributed by atoms with Crippen molar-refractivity contribution in [2.24, 2.45) is 0 Å². The monoisotopic (exact) mass is 650 g/mol. The van der Waals surface area contributed by atoms with Gasteiger partial charge < -0.3 is 24.4 Å². The number of halogens is 2. The first-order chi connectivity index (χ1) is 23.3. The molecule has 8 rings (SSSR count). The van der Waals surface area contributed by atoms with E-state index in [1.807, 2.05) is 34.6 Å². The summed E-state index contributed by atoms with van der Waals surface area (Å²) in [5, 5.41) is 8.56. The van der Waals surface area contributed by atoms with Gasteiger partial charge in [-0.15, -0.1) is 0 Å². The number of likely N-dealkylation sites (N-methyl/N-ethyl adjacent to an activating group) is 1. The molecule has 1 saturated heterocycles. The third-order valence-corrected chi connectivity index (χ3v) is 9.23. The Morgan fingerprint density at radius 3 is 2.69 bits per heavy atom. The van der Waals surface area contributed by atoms with Gasteiger partial charge in [-0.1, -0.05) is 18.2 Å². The Morgan fingerprint density at radius 1 is 1.00 bits per heavy atom. The van der Waals surface area contributed by atoms with Gasteiger partial charge >= 0.3 is 0 Å². The van der Waals surface area contributed by atoms with Crippen molar-refractivity contribution in [3.63, 3.8) is 0 Å². The van der Waals surface area contributed by atoms with Gasteiger partial charge in [0.15, 0.2) is 5.65 Å². The number of para-hydroxylation sites is 1. The molecule has 3 atom stereocenters. The van der Waals surface area contributed by atoms with Crippen LogP contribution < -0.4 is 10.2 Å². The summed E-state index contributed by atoms with van der Waals surface area (Å²) in [5.41, 5.74) is 3.16. The molecule has 244 valence electrons. The normalized spacial score (nSPS) is 19.9. The number of amides is 1. The zero-order chi connectivity index (χ0) is 33.1. The number of nitrogens with one attached hydrogen (secondary N) is 1. The third kappa shape index (κ3) is 4.99. The van der Waals surface area contributed by atoms with Crippen LogP contribution in [0.2, 0.25) is 0 Å². The first kappa shape index (κ1) is 29.9. The minimum atomic E-state index is -0.596. The van der Waals surface area contributed by atoms with E-state index in [-0.39, 0.29) is 17.6 Å². The van der Waals surface area contributed by atoms with Crippen molar-refractivity contribution in [1.82, 2.24) is 39.2 Å². The van der Waals surface area contributed by atoms with E-state index in [1.165, 1.54) is 29.2 Å². The zero-order valence-electron chi connectivity index (χ0n) is 26.5. The standard InChI is InChI=1S/C34H32F2N10O2/c1-19-40-27-12-20(35)11-23-26-8-6-10-30(42-26)41-21-13-29(34(47)43(2)16-22(48-3)17-44(19)31(23)27)45(15-21)32-24-14-39-46(33(24)38-18-37-32)28-9-5-4-7-25(28)36/h4-12,14,18,21-22,29H,13,15-17H2,1-3H3,(H,41,42)/t21-,22-,29-/m0/s1. The van der Waals surface area contributed by atoms with Gasteiger partial charge in [0, 0.05) is 44.9 Å². The second-order valence-corrected chi connectivity index (χ2v) is 12.3. The Balaban J connectivity index is 1.23. The highest BCUT2D eigenvalue weighted by Crippen LogP contribution is 2.34. The van der Waals surface area contributed by atoms with Crippen LogP contribution in [0.3, 0.4) is 0 Å². The van der Waals surface area contributed by atoms with Crippen LogP contribution in [0.15, 0.2) is 67.1 Å². The second kappa shape index (κ2) is 11.6. The molecule has 0 aliphatic carbocycles. The molecule has 2 aliphatic heterocycles. The van der Waals surface area contributed by atoms with E-state index in [4.69, 9.17) is 9.72 Å². The highest BCUT2D eigenvalue weighted by molar-refractivity contribution is 5.93. The van der Waals surface area contributed by atoms with Crippen LogP contribution in [-0.2, 0) is 16.1 Å². The van der Waals surface area contributed by atoms with Crippen LogP contribution in [-0.4, -0.2) is 90.5 Å². The number of benzene rings is 2. The third-order valence-electron chi connectivity index (χ3n) is 9.23. The molecule has 0 spiro atoms. The van der Waals surface area contributed by atoms with E-state index < -0.39 is 23.8 Å². The van der Waals surface area contributed by atoms with E-state index in [0.29, 0.717) is 71.3 Å². The van der Waals surface area contributed by atoms with Crippen molar-refractivity contribution in [3.8, 4) is 16.9 Å². The average Bonchev–Trinajstić information content (AvgIpc) is 3.78. The molecule has 12 nitrogen and oxygen atoms in total. The Bertz CT molecular complexity index is 2200. The van der Waals surface area contributed by atoms with Gasteiger partial charge in [-0.05, 0) is 43.7 Å². The van der Waals surface area contributed by atoms with Gasteiger partial charge in [-0.2, -0.15) is 5.10 Å². The van der Waals surface area contributed by atoms with E-state index in [1.54, 1.807) is 43.5 Å². The molecule has 1 fully saturated rings. The van der Waals surface area contributed by atoms with Gasteiger partial charge in [-0.3, -0.25) is 4.79 Å². The highest BCUT2D eigenvalue weighted by Gasteiger charge is 2.41. The fourth-order valence-corrected chi connectivity index (χ4v) is 6.97. The first-order valence-corrected chi connectivity index (χ1v) is 15.7. The van der Waals surface area contributed by atoms with Crippen molar-refractivity contribution >= 4 is 39.6 Å². The highest BCUT2D eigenvalue weighted by atomic mass is 19.1. The smallest absolute Gasteiger partial charge is 0.245 e. The van der Waals surface area contributed by atoms with Crippen LogP contribution in [0.1, 0.15) is 12.2 Å². The van der Waals surface area contributed by atoms with E-state index >= 15 is 0 Å². The molecule has 6 aromatic rings. The zero-order valence-corrected chi connectivity index (χ0v) is 26.5. The number of carbonyl (C=O) groups is 1. The molecule has 2 aromatic carbocycles. The number of pyridine rings is 1. The molecule has 48 heavy (non-hydrogen) atoms. The number of methoxy groups -OCH3 is 1. The summed E-state index contributed by atoms with van der Waals surface area (Å²) >= 11 is 0. The molecular formula is C34H32F2N10O2. The SMILES string of the molecule is CO[C@H]1CN(C)C(=O)[C@@H]2C[C@@H](CN2c2ncnc3c2cnn3-c2ccccc2F)Nc2cccc(n2)-c2cc(F)cc3nc(C)n(c23)C1. The quantitative estimate of drug-likeness (QED) is 0.298. The number of aryl methyl sites for hydroxylation is 1. The summed E-state index contributed by atoms with van der Waals surface area (Å²) < 4.78 is 39.1. The largest absolute Gasteiger partial charge is 0.378 e. The molecule has 4 aromatic heterocycles. The van der Waals surface area contributed by atoms with Crippen LogP contribution in [0.25, 0.3) is 39.0 Å². The number of fused-ring (bicyclic) bond motifs is 6. The number of anilines is 2. The van der Waals surface area contributed by atoms with Crippen molar-refractivity contribution in [3.05, 3.63) is 84.6 Å². The van der Waals surface area contributed by atoms with Gasteiger partial charge in [0.05, 0.1) is 41.0 Å². The maximum absolute atomic E-state index is 14.9. The predicted molar refractivity (Wildman–Crippen MR) is 176 cm³/mol. The molecule has 0 saturated carbocycles. The number of rotatable bonds is 3. The lowest BCUT2D eigenvalue weighted by Gasteiger charge is -2.30. The lowest BCUT2D eigenvalue weighted by molar-refractivity contribution is -0.132. The Hall–Kier alpha value is -5.50. The fraction of sp³-hybridized carbons (Fsp3) is 0.294. The second-order valence-electron chi connectivity index (χ2n) is 12.3. The van der Waals surface area contributed by atoms with Gasteiger partial charge in [-0.25, -0.2) is 33.4 Å². The van der Waals surface area contributed by atoms with Crippen molar-refractivity contribution in [1.29, 1.82) is 0 Å². The molecule has 0 unspecified atom stereocenters. The van der Waals surface area contributed by atoms with Gasteiger partial charge in [0.2, 0.25) is 5.91 Å². The number of ether oxygens (including phenoxy) is 1. The molecule has 0 radical (unpaired) electrons. The number of hydrogen-bond donors (Lipinski definition) is 1. The molecule has 1 amide bonds. The molecule has 14 heteroatoms. The van der Waals surface area contributed by atoms with E-state index in [9.17, 15) is 13.6 Å².